The molecule has 1 amide bonds. The molecule has 1 aromatic heterocycles. The molecule has 2 aromatic carbocycles. The van der Waals surface area contributed by atoms with Crippen molar-refractivity contribution in [1.29, 1.82) is 0 Å². The second-order valence-corrected chi connectivity index (χ2v) is 9.19. The van der Waals surface area contributed by atoms with Gasteiger partial charge in [-0.3, -0.25) is 4.79 Å². The normalized spacial score (nSPS) is 20.0. The van der Waals surface area contributed by atoms with Crippen LogP contribution in [0, 0.1) is 0 Å². The van der Waals surface area contributed by atoms with E-state index in [0.717, 1.165) is 16.1 Å². The van der Waals surface area contributed by atoms with E-state index in [1.165, 1.54) is 0 Å². The Balaban J connectivity index is 1.38. The van der Waals surface area contributed by atoms with Crippen molar-refractivity contribution < 1.29 is 22.7 Å². The number of hydrogen-bond donors (Lipinski definition) is 1. The fourth-order valence-corrected chi connectivity index (χ4v) is 5.08. The van der Waals surface area contributed by atoms with Crippen molar-refractivity contribution in [2.24, 2.45) is 0 Å². The Hall–Kier alpha value is -3.40. The zero-order chi connectivity index (χ0) is 25.4. The summed E-state index contributed by atoms with van der Waals surface area (Å²) in [6.45, 7) is 1.82. The van der Waals surface area contributed by atoms with Crippen LogP contribution in [0.4, 0.5) is 24.7 Å². The molecule has 1 N–H and O–H groups in total. The number of methoxy groups -OCH3 is 1. The van der Waals surface area contributed by atoms with E-state index >= 15 is 0 Å². The van der Waals surface area contributed by atoms with Crippen molar-refractivity contribution in [3.63, 3.8) is 0 Å². The lowest BCUT2D eigenvalue weighted by molar-refractivity contribution is -0.173. The van der Waals surface area contributed by atoms with Gasteiger partial charge in [-0.05, 0) is 17.7 Å². The lowest BCUT2D eigenvalue weighted by Gasteiger charge is -2.36. The summed E-state index contributed by atoms with van der Waals surface area (Å²) in [5.74, 6) is 0.259. The highest BCUT2D eigenvalue weighted by Crippen LogP contribution is 2.46. The van der Waals surface area contributed by atoms with Crippen molar-refractivity contribution in [2.75, 3.05) is 43.5 Å². The smallest absolute Gasteiger partial charge is 0.410 e. The van der Waals surface area contributed by atoms with Gasteiger partial charge in [0.25, 0.3) is 5.91 Å². The minimum Gasteiger partial charge on any atom is -0.495 e. The highest BCUT2D eigenvalue weighted by Gasteiger charge is 2.48. The predicted octanol–water partition coefficient (Wildman–Crippen LogP) is 5.17. The first-order valence-electron chi connectivity index (χ1n) is 11.6. The highest BCUT2D eigenvalue weighted by molar-refractivity contribution is 6.36. The van der Waals surface area contributed by atoms with Crippen LogP contribution < -0.4 is 15.0 Å². The molecule has 36 heavy (non-hydrogen) atoms. The predicted molar refractivity (Wildman–Crippen MR) is 131 cm³/mol. The molecular weight excluding hydrogens is 495 g/mol. The van der Waals surface area contributed by atoms with Crippen molar-refractivity contribution in [3.8, 4) is 5.75 Å². The van der Waals surface area contributed by atoms with Crippen molar-refractivity contribution in [3.05, 3.63) is 70.9 Å². The molecule has 3 heterocycles. The maximum atomic E-state index is 14.0. The zero-order valence-corrected chi connectivity index (χ0v) is 20.3. The number of halogens is 4. The Morgan fingerprint density at radius 1 is 1.06 bits per heavy atom. The van der Waals surface area contributed by atoms with E-state index in [1.807, 2.05) is 24.3 Å². The highest BCUT2D eigenvalue weighted by atomic mass is 35.5. The number of alkyl halides is 3. The maximum absolute atomic E-state index is 14.0. The molecule has 0 unspecified atom stereocenters. The molecule has 3 aromatic rings. The molecule has 0 bridgehead atoms. The standard InChI is InChI=1S/C25H25ClF3N5O2/c1-36-19-10-6-5-9-18(19)32-11-13-33(14-12-32)24(35)22-21(26)23-30-17(16-7-3-2-4-8-16)15-20(25(27,28)29)34(23)31-22/h2-10,17,20,30H,11-15H2,1H3/t17-,20-/m0/s1. The summed E-state index contributed by atoms with van der Waals surface area (Å²) in [6.07, 6.45) is -4.82. The number of carbonyl (C=O) groups is 1. The zero-order valence-electron chi connectivity index (χ0n) is 19.5. The number of carbonyl (C=O) groups excluding carboxylic acids is 1. The van der Waals surface area contributed by atoms with Gasteiger partial charge in [0.2, 0.25) is 0 Å². The molecule has 190 valence electrons. The molecule has 1 saturated heterocycles. The van der Waals surface area contributed by atoms with Crippen LogP contribution in [-0.4, -0.2) is 60.1 Å². The van der Waals surface area contributed by atoms with Gasteiger partial charge in [-0.1, -0.05) is 54.1 Å². The summed E-state index contributed by atoms with van der Waals surface area (Å²) in [5.41, 5.74) is 1.45. The van der Waals surface area contributed by atoms with Gasteiger partial charge in [-0.15, -0.1) is 0 Å². The van der Waals surface area contributed by atoms with Gasteiger partial charge in [-0.25, -0.2) is 4.68 Å². The lowest BCUT2D eigenvalue weighted by atomic mass is 9.97. The second-order valence-electron chi connectivity index (χ2n) is 8.81. The van der Waals surface area contributed by atoms with E-state index in [4.69, 9.17) is 16.3 Å². The molecule has 0 spiro atoms. The number of nitrogens with zero attached hydrogens (tertiary/aromatic N) is 4. The van der Waals surface area contributed by atoms with Crippen molar-refractivity contribution >= 4 is 29.0 Å². The minimum atomic E-state index is -4.56. The Morgan fingerprint density at radius 2 is 1.72 bits per heavy atom. The summed E-state index contributed by atoms with van der Waals surface area (Å²) >= 11 is 6.50. The number of aromatic nitrogens is 2. The summed E-state index contributed by atoms with van der Waals surface area (Å²) in [6, 6.07) is 14.0. The summed E-state index contributed by atoms with van der Waals surface area (Å²) in [7, 11) is 1.60. The monoisotopic (exact) mass is 519 g/mol. The Labute approximate surface area is 211 Å². The molecule has 1 fully saturated rings. The third kappa shape index (κ3) is 4.45. The lowest BCUT2D eigenvalue weighted by Crippen LogP contribution is -2.49. The molecule has 2 atom stereocenters. The first-order valence-corrected chi connectivity index (χ1v) is 12.0. The number of ether oxygens (including phenoxy) is 1. The Kier molecular flexibility index (Phi) is 6.46. The van der Waals surface area contributed by atoms with Crippen LogP contribution in [0.15, 0.2) is 54.6 Å². The number of piperazine rings is 1. The van der Waals surface area contributed by atoms with Crippen LogP contribution in [0.2, 0.25) is 5.02 Å². The van der Waals surface area contributed by atoms with Crippen LogP contribution >= 0.6 is 11.6 Å². The van der Waals surface area contributed by atoms with Crippen LogP contribution in [-0.2, 0) is 0 Å². The molecule has 2 aliphatic heterocycles. The van der Waals surface area contributed by atoms with Crippen LogP contribution in [0.1, 0.15) is 34.6 Å². The summed E-state index contributed by atoms with van der Waals surface area (Å²) in [4.78, 5) is 17.0. The molecule has 2 aliphatic rings. The van der Waals surface area contributed by atoms with Gasteiger partial charge in [0.1, 0.15) is 16.6 Å². The van der Waals surface area contributed by atoms with Crippen molar-refractivity contribution in [2.45, 2.75) is 24.7 Å². The van der Waals surface area contributed by atoms with E-state index in [1.54, 1.807) is 42.3 Å². The van der Waals surface area contributed by atoms with E-state index in [9.17, 15) is 18.0 Å². The van der Waals surface area contributed by atoms with Gasteiger partial charge in [0.15, 0.2) is 11.7 Å². The SMILES string of the molecule is COc1ccccc1N1CCN(C(=O)c2nn3c(c2Cl)N[C@H](c2ccccc2)C[C@H]3C(F)(F)F)CC1. The van der Waals surface area contributed by atoms with Gasteiger partial charge < -0.3 is 19.9 Å². The van der Waals surface area contributed by atoms with Crippen LogP contribution in [0.25, 0.3) is 0 Å². The average molecular weight is 520 g/mol. The Bertz CT molecular complexity index is 1240. The molecule has 5 rings (SSSR count). The molecule has 11 heteroatoms. The van der Waals surface area contributed by atoms with E-state index in [2.05, 4.69) is 15.3 Å². The third-order valence-electron chi connectivity index (χ3n) is 6.69. The van der Waals surface area contributed by atoms with Gasteiger partial charge in [0.05, 0.1) is 18.8 Å². The van der Waals surface area contributed by atoms with Crippen LogP contribution in [0.3, 0.4) is 0 Å². The third-order valence-corrected chi connectivity index (χ3v) is 7.05. The Morgan fingerprint density at radius 3 is 2.39 bits per heavy atom. The van der Waals surface area contributed by atoms with Crippen LogP contribution in [0.5, 0.6) is 5.75 Å². The van der Waals surface area contributed by atoms with Gasteiger partial charge in [0, 0.05) is 32.6 Å². The number of fused-ring (bicyclic) bond motifs is 1. The van der Waals surface area contributed by atoms with E-state index in [0.29, 0.717) is 31.7 Å². The fourth-order valence-electron chi connectivity index (χ4n) is 4.82. The summed E-state index contributed by atoms with van der Waals surface area (Å²) < 4.78 is 48.3. The molecule has 0 saturated carbocycles. The molecule has 0 aliphatic carbocycles. The minimum absolute atomic E-state index is 0.00935. The molecule has 7 nitrogen and oxygen atoms in total. The largest absolute Gasteiger partial charge is 0.495 e. The average Bonchev–Trinajstić information content (AvgIpc) is 3.23. The van der Waals surface area contributed by atoms with E-state index < -0.39 is 24.2 Å². The fraction of sp³-hybridized carbons (Fsp3) is 0.360. The number of amides is 1. The van der Waals surface area contributed by atoms with Crippen molar-refractivity contribution in [1.82, 2.24) is 14.7 Å². The number of hydrogen-bond acceptors (Lipinski definition) is 5. The molecular formula is C25H25ClF3N5O2. The number of rotatable bonds is 4. The first-order chi connectivity index (χ1) is 17.3. The number of anilines is 2. The molecule has 0 radical (unpaired) electrons. The number of para-hydroxylation sites is 2. The number of benzene rings is 2. The maximum Gasteiger partial charge on any atom is 0.410 e. The van der Waals surface area contributed by atoms with E-state index in [-0.39, 0.29) is 23.0 Å². The second kappa shape index (κ2) is 9.57. The van der Waals surface area contributed by atoms with Gasteiger partial charge >= 0.3 is 6.18 Å². The summed E-state index contributed by atoms with van der Waals surface area (Å²) in [5, 5.41) is 7.07. The quantitative estimate of drug-likeness (QED) is 0.515. The first kappa shape index (κ1) is 24.3. The van der Waals surface area contributed by atoms with Gasteiger partial charge in [-0.2, -0.15) is 18.3 Å². The number of nitrogens with one attached hydrogen (secondary N) is 1. The topological polar surface area (TPSA) is 62.6 Å².